The van der Waals surface area contributed by atoms with Gasteiger partial charge in [0.2, 0.25) is 0 Å². The first-order chi connectivity index (χ1) is 12.8. The van der Waals surface area contributed by atoms with Crippen molar-refractivity contribution < 1.29 is 9.47 Å². The van der Waals surface area contributed by atoms with Crippen molar-refractivity contribution in [1.82, 2.24) is 0 Å². The summed E-state index contributed by atoms with van der Waals surface area (Å²) in [4.78, 5) is 3.96. The molecular weight excluding hydrogens is 342 g/mol. The van der Waals surface area contributed by atoms with Crippen LogP contribution in [0.15, 0.2) is 53.5 Å². The molecule has 0 aliphatic carbocycles. The van der Waals surface area contributed by atoms with Gasteiger partial charge >= 0.3 is 0 Å². The molecule has 0 spiro atoms. The fraction of sp³-hybridized carbons (Fsp3) is 0.409. The molecule has 0 unspecified atom stereocenters. The molecule has 2 aromatic carbocycles. The Morgan fingerprint density at radius 1 is 0.962 bits per heavy atom. The third kappa shape index (κ3) is 5.09. The van der Waals surface area contributed by atoms with Gasteiger partial charge in [0.1, 0.15) is 0 Å². The zero-order valence-electron chi connectivity index (χ0n) is 15.2. The number of rotatable bonds is 7. The zero-order valence-corrected chi connectivity index (χ0v) is 16.0. The molecule has 0 radical (unpaired) electrons. The summed E-state index contributed by atoms with van der Waals surface area (Å²) >= 11 is 4.62. The minimum absolute atomic E-state index is 0.287. The second-order valence-corrected chi connectivity index (χ2v) is 6.87. The molecule has 0 saturated carbocycles. The summed E-state index contributed by atoms with van der Waals surface area (Å²) in [5.74, 6) is 0.287. The number of isothiocyanates is 1. The van der Waals surface area contributed by atoms with E-state index in [9.17, 15) is 0 Å². The van der Waals surface area contributed by atoms with Crippen molar-refractivity contribution in [2.75, 3.05) is 13.2 Å². The molecule has 0 N–H and O–H groups in total. The van der Waals surface area contributed by atoms with Crippen LogP contribution in [0.5, 0.6) is 0 Å². The van der Waals surface area contributed by atoms with E-state index in [1.54, 1.807) is 0 Å². The molecule has 0 aromatic heterocycles. The number of unbranched alkanes of at least 4 members (excludes halogenated alkanes) is 2. The Labute approximate surface area is 161 Å². The van der Waals surface area contributed by atoms with Crippen LogP contribution in [0.4, 0.5) is 5.69 Å². The highest BCUT2D eigenvalue weighted by atomic mass is 32.1. The number of ether oxygens (including phenoxy) is 2. The fourth-order valence-electron chi connectivity index (χ4n) is 3.18. The summed E-state index contributed by atoms with van der Waals surface area (Å²) < 4.78 is 11.9. The minimum Gasteiger partial charge on any atom is -0.348 e. The summed E-state index contributed by atoms with van der Waals surface area (Å²) in [6.45, 7) is 3.57. The van der Waals surface area contributed by atoms with E-state index in [0.717, 1.165) is 17.7 Å². The molecule has 26 heavy (non-hydrogen) atoms. The monoisotopic (exact) mass is 367 g/mol. The highest BCUT2D eigenvalue weighted by molar-refractivity contribution is 7.78. The van der Waals surface area contributed by atoms with Crippen LogP contribution in [-0.2, 0) is 15.9 Å². The van der Waals surface area contributed by atoms with E-state index >= 15 is 0 Å². The van der Waals surface area contributed by atoms with Crippen molar-refractivity contribution in [3.8, 4) is 0 Å². The van der Waals surface area contributed by atoms with Gasteiger partial charge in [-0.2, -0.15) is 4.99 Å². The molecule has 1 fully saturated rings. The predicted octanol–water partition coefficient (Wildman–Crippen LogP) is 5.98. The van der Waals surface area contributed by atoms with E-state index in [1.807, 2.05) is 24.3 Å². The number of nitrogens with zero attached hydrogens (tertiary/aromatic N) is 1. The van der Waals surface area contributed by atoms with Gasteiger partial charge in [0.05, 0.1) is 24.1 Å². The van der Waals surface area contributed by atoms with Gasteiger partial charge in [0.25, 0.3) is 0 Å². The number of benzene rings is 2. The lowest BCUT2D eigenvalue weighted by Gasteiger charge is -2.30. The Morgan fingerprint density at radius 2 is 1.62 bits per heavy atom. The van der Waals surface area contributed by atoms with Gasteiger partial charge in [-0.15, -0.1) is 0 Å². The first-order valence-electron chi connectivity index (χ1n) is 9.30. The van der Waals surface area contributed by atoms with Gasteiger partial charge in [0.15, 0.2) is 6.29 Å². The van der Waals surface area contributed by atoms with Crippen LogP contribution in [0.25, 0.3) is 0 Å². The third-order valence-corrected chi connectivity index (χ3v) is 4.85. The first-order valence-corrected chi connectivity index (χ1v) is 9.71. The van der Waals surface area contributed by atoms with Gasteiger partial charge < -0.3 is 9.47 Å². The van der Waals surface area contributed by atoms with E-state index in [2.05, 4.69) is 53.6 Å². The Balaban J connectivity index is 1.53. The van der Waals surface area contributed by atoms with E-state index in [1.165, 1.54) is 30.4 Å². The summed E-state index contributed by atoms with van der Waals surface area (Å²) in [6.07, 6.45) is 4.67. The molecule has 1 saturated heterocycles. The van der Waals surface area contributed by atoms with Crippen molar-refractivity contribution >= 4 is 23.1 Å². The molecule has 136 valence electrons. The number of aryl methyl sites for hydroxylation is 1. The molecule has 1 aliphatic rings. The van der Waals surface area contributed by atoms with Crippen molar-refractivity contribution in [1.29, 1.82) is 0 Å². The number of hydrogen-bond donors (Lipinski definition) is 0. The molecule has 0 atom stereocenters. The molecule has 3 rings (SSSR count). The Hall–Kier alpha value is -1.84. The summed E-state index contributed by atoms with van der Waals surface area (Å²) in [6, 6.07) is 16.6. The van der Waals surface area contributed by atoms with Crippen LogP contribution in [-0.4, -0.2) is 18.4 Å². The number of hydrogen-bond acceptors (Lipinski definition) is 4. The maximum atomic E-state index is 5.95. The van der Waals surface area contributed by atoms with E-state index in [4.69, 9.17) is 9.47 Å². The van der Waals surface area contributed by atoms with Crippen molar-refractivity contribution in [2.24, 2.45) is 4.99 Å². The summed E-state index contributed by atoms with van der Waals surface area (Å²) in [5, 5.41) is 2.37. The van der Waals surface area contributed by atoms with Gasteiger partial charge in [-0.05, 0) is 48.3 Å². The maximum absolute atomic E-state index is 5.95. The van der Waals surface area contributed by atoms with Gasteiger partial charge in [-0.1, -0.05) is 56.2 Å². The second kappa shape index (κ2) is 9.75. The van der Waals surface area contributed by atoms with E-state index in [0.29, 0.717) is 13.2 Å². The normalized spacial score (nSPS) is 19.7. The molecule has 3 nitrogen and oxygen atoms in total. The third-order valence-electron chi connectivity index (χ3n) is 4.76. The smallest absolute Gasteiger partial charge is 0.183 e. The average Bonchev–Trinajstić information content (AvgIpc) is 2.70. The van der Waals surface area contributed by atoms with Gasteiger partial charge in [0, 0.05) is 11.5 Å². The molecule has 0 bridgehead atoms. The molecular formula is C22H25NO2S. The number of aliphatic imine (C=N–C) groups is 1. The summed E-state index contributed by atoms with van der Waals surface area (Å²) in [7, 11) is 0. The Kier molecular flexibility index (Phi) is 7.10. The van der Waals surface area contributed by atoms with Crippen LogP contribution in [0, 0.1) is 0 Å². The molecule has 4 heteroatoms. The quantitative estimate of drug-likeness (QED) is 0.342. The Bertz CT molecular complexity index is 728. The van der Waals surface area contributed by atoms with E-state index in [-0.39, 0.29) is 12.2 Å². The predicted molar refractivity (Wildman–Crippen MR) is 108 cm³/mol. The zero-order chi connectivity index (χ0) is 18.2. The lowest BCUT2D eigenvalue weighted by Crippen LogP contribution is -2.25. The van der Waals surface area contributed by atoms with Crippen LogP contribution in [0.1, 0.15) is 55.1 Å². The van der Waals surface area contributed by atoms with Gasteiger partial charge in [-0.25, -0.2) is 0 Å². The average molecular weight is 368 g/mol. The SMILES string of the molecule is CCCCCc1ccc(C2COC(c3ccc(N=C=S)cc3)OC2)cc1. The number of thiocarbonyl (C=S) groups is 1. The topological polar surface area (TPSA) is 30.8 Å². The van der Waals surface area contributed by atoms with Gasteiger partial charge in [-0.3, -0.25) is 0 Å². The largest absolute Gasteiger partial charge is 0.348 e. The molecule has 0 amide bonds. The minimum atomic E-state index is -0.315. The molecule has 1 aliphatic heterocycles. The molecule has 1 heterocycles. The second-order valence-electron chi connectivity index (χ2n) is 6.69. The van der Waals surface area contributed by atoms with Crippen LogP contribution < -0.4 is 0 Å². The highest BCUT2D eigenvalue weighted by Crippen LogP contribution is 2.30. The van der Waals surface area contributed by atoms with Crippen LogP contribution in [0.2, 0.25) is 0 Å². The summed E-state index contributed by atoms with van der Waals surface area (Å²) in [5.41, 5.74) is 4.49. The first kappa shape index (κ1) is 18.9. The van der Waals surface area contributed by atoms with Crippen molar-refractivity contribution in [3.63, 3.8) is 0 Å². The standard InChI is InChI=1S/C22H25NO2S/c1-2-3-4-5-17-6-8-18(9-7-17)20-14-24-22(25-15-20)19-10-12-21(13-11-19)23-16-26/h6-13,20,22H,2-5,14-15H2,1H3. The van der Waals surface area contributed by atoms with E-state index < -0.39 is 0 Å². The van der Waals surface area contributed by atoms with Crippen LogP contribution in [0.3, 0.4) is 0 Å². The van der Waals surface area contributed by atoms with Crippen molar-refractivity contribution in [2.45, 2.75) is 44.8 Å². The maximum Gasteiger partial charge on any atom is 0.183 e. The fourth-order valence-corrected chi connectivity index (χ4v) is 3.29. The van der Waals surface area contributed by atoms with Crippen molar-refractivity contribution in [3.05, 3.63) is 65.2 Å². The lowest BCUT2D eigenvalue weighted by atomic mass is 9.97. The van der Waals surface area contributed by atoms with Crippen LogP contribution >= 0.6 is 12.2 Å². The molecule has 2 aromatic rings. The highest BCUT2D eigenvalue weighted by Gasteiger charge is 2.24. The lowest BCUT2D eigenvalue weighted by molar-refractivity contribution is -0.191. The Morgan fingerprint density at radius 3 is 2.23 bits per heavy atom.